The molecule has 0 bridgehead atoms. The minimum Gasteiger partial charge on any atom is -0.497 e. The van der Waals surface area contributed by atoms with Crippen LogP contribution in [0.1, 0.15) is 30.4 Å². The van der Waals surface area contributed by atoms with E-state index in [4.69, 9.17) is 10.5 Å². The van der Waals surface area contributed by atoms with Crippen molar-refractivity contribution in [3.05, 3.63) is 35.9 Å². The number of nitrogens with two attached hydrogens (primary N) is 1. The lowest BCUT2D eigenvalue weighted by Crippen LogP contribution is -2.08. The van der Waals surface area contributed by atoms with Crippen molar-refractivity contribution in [2.75, 3.05) is 7.11 Å². The number of ether oxygens (including phenoxy) is 1. The molecular weight excluding hydrogens is 228 g/mol. The zero-order valence-corrected chi connectivity index (χ0v) is 10.3. The fraction of sp³-hybridized carbons (Fsp3) is 0.385. The van der Waals surface area contributed by atoms with Crippen LogP contribution in [0.2, 0.25) is 0 Å². The van der Waals surface area contributed by atoms with Gasteiger partial charge in [-0.15, -0.1) is 0 Å². The summed E-state index contributed by atoms with van der Waals surface area (Å²) in [4.78, 5) is 4.51. The second-order valence-corrected chi connectivity index (χ2v) is 4.48. The Morgan fingerprint density at radius 2 is 2.28 bits per heavy atom. The van der Waals surface area contributed by atoms with Crippen LogP contribution in [0.5, 0.6) is 5.75 Å². The van der Waals surface area contributed by atoms with Crippen molar-refractivity contribution in [3.8, 4) is 11.4 Å². The zero-order valence-electron chi connectivity index (χ0n) is 10.3. The molecule has 1 aliphatic carbocycles. The van der Waals surface area contributed by atoms with Crippen LogP contribution in [-0.4, -0.2) is 21.9 Å². The lowest BCUT2D eigenvalue weighted by molar-refractivity contribution is 0.414. The zero-order chi connectivity index (χ0) is 12.5. The highest BCUT2D eigenvalue weighted by Gasteiger charge is 2.28. The second kappa shape index (κ2) is 4.42. The number of methoxy groups -OCH3 is 1. The Bertz CT molecular complexity index is 560. The monoisotopic (exact) mass is 244 g/mol. The molecule has 1 aromatic heterocycles. The molecule has 5 nitrogen and oxygen atoms in total. The summed E-state index contributed by atoms with van der Waals surface area (Å²) in [6.07, 6.45) is 2.37. The van der Waals surface area contributed by atoms with Crippen LogP contribution in [0.15, 0.2) is 24.3 Å². The highest BCUT2D eigenvalue weighted by atomic mass is 16.5. The maximum Gasteiger partial charge on any atom is 0.154 e. The average Bonchev–Trinajstić information content (AvgIpc) is 3.18. The van der Waals surface area contributed by atoms with Crippen molar-refractivity contribution in [3.63, 3.8) is 0 Å². The van der Waals surface area contributed by atoms with Gasteiger partial charge in [0.2, 0.25) is 0 Å². The number of hydrogen-bond acceptors (Lipinski definition) is 4. The van der Waals surface area contributed by atoms with Crippen LogP contribution in [-0.2, 0) is 6.54 Å². The summed E-state index contributed by atoms with van der Waals surface area (Å²) in [7, 11) is 1.65. The third-order valence-corrected chi connectivity index (χ3v) is 3.11. The van der Waals surface area contributed by atoms with Crippen LogP contribution in [0.4, 0.5) is 0 Å². The summed E-state index contributed by atoms with van der Waals surface area (Å²) < 4.78 is 7.04. The lowest BCUT2D eigenvalue weighted by Gasteiger charge is -2.06. The van der Waals surface area contributed by atoms with Gasteiger partial charge in [-0.25, -0.2) is 9.67 Å². The third-order valence-electron chi connectivity index (χ3n) is 3.11. The minimum atomic E-state index is 0.386. The van der Waals surface area contributed by atoms with Crippen molar-refractivity contribution >= 4 is 0 Å². The van der Waals surface area contributed by atoms with Crippen molar-refractivity contribution in [1.82, 2.24) is 14.8 Å². The normalized spacial score (nSPS) is 14.8. The summed E-state index contributed by atoms with van der Waals surface area (Å²) in [5.74, 6) is 3.05. The quantitative estimate of drug-likeness (QED) is 0.887. The predicted octanol–water partition coefficient (Wildman–Crippen LogP) is 1.61. The minimum absolute atomic E-state index is 0.386. The molecule has 0 atom stereocenters. The standard InChI is InChI=1S/C13H16N4O/c1-18-11-4-2-3-10(7-11)17-12(8-14)15-13(16-17)9-5-6-9/h2-4,7,9H,5-6,8,14H2,1H3. The largest absolute Gasteiger partial charge is 0.497 e. The number of nitrogens with zero attached hydrogens (tertiary/aromatic N) is 3. The molecule has 1 aromatic carbocycles. The Morgan fingerprint density at radius 1 is 1.44 bits per heavy atom. The number of rotatable bonds is 4. The molecule has 94 valence electrons. The van der Waals surface area contributed by atoms with Crippen LogP contribution < -0.4 is 10.5 Å². The smallest absolute Gasteiger partial charge is 0.154 e. The topological polar surface area (TPSA) is 66.0 Å². The molecule has 3 rings (SSSR count). The summed E-state index contributed by atoms with van der Waals surface area (Å²) in [5, 5.41) is 4.56. The van der Waals surface area contributed by atoms with Gasteiger partial charge in [0.15, 0.2) is 5.82 Å². The first-order chi connectivity index (χ1) is 8.81. The Hall–Kier alpha value is -1.88. The molecule has 1 saturated carbocycles. The van der Waals surface area contributed by atoms with E-state index >= 15 is 0 Å². The van der Waals surface area contributed by atoms with E-state index < -0.39 is 0 Å². The van der Waals surface area contributed by atoms with Crippen molar-refractivity contribution < 1.29 is 4.74 Å². The summed E-state index contributed by atoms with van der Waals surface area (Å²) in [5.41, 5.74) is 6.68. The van der Waals surface area contributed by atoms with Gasteiger partial charge in [-0.1, -0.05) is 6.07 Å². The van der Waals surface area contributed by atoms with Gasteiger partial charge in [0.25, 0.3) is 0 Å². The van der Waals surface area contributed by atoms with E-state index in [1.165, 1.54) is 12.8 Å². The first-order valence-corrected chi connectivity index (χ1v) is 6.12. The van der Waals surface area contributed by atoms with Gasteiger partial charge >= 0.3 is 0 Å². The highest BCUT2D eigenvalue weighted by molar-refractivity contribution is 5.39. The molecule has 18 heavy (non-hydrogen) atoms. The van der Waals surface area contributed by atoms with Gasteiger partial charge in [-0.3, -0.25) is 0 Å². The fourth-order valence-electron chi connectivity index (χ4n) is 1.96. The van der Waals surface area contributed by atoms with E-state index in [9.17, 15) is 0 Å². The van der Waals surface area contributed by atoms with Crippen LogP contribution in [0, 0.1) is 0 Å². The Morgan fingerprint density at radius 3 is 2.94 bits per heavy atom. The van der Waals surface area contributed by atoms with Crippen molar-refractivity contribution in [1.29, 1.82) is 0 Å². The second-order valence-electron chi connectivity index (χ2n) is 4.48. The molecular formula is C13H16N4O. The van der Waals surface area contributed by atoms with Gasteiger partial charge in [0, 0.05) is 12.0 Å². The summed E-state index contributed by atoms with van der Waals surface area (Å²) >= 11 is 0. The molecule has 0 aliphatic heterocycles. The van der Waals surface area contributed by atoms with Crippen LogP contribution in [0.25, 0.3) is 5.69 Å². The number of benzene rings is 1. The van der Waals surface area contributed by atoms with Crippen molar-refractivity contribution in [2.24, 2.45) is 5.73 Å². The highest BCUT2D eigenvalue weighted by Crippen LogP contribution is 2.38. The van der Waals surface area contributed by atoms with E-state index in [-0.39, 0.29) is 0 Å². The SMILES string of the molecule is COc1cccc(-n2nc(C3CC3)nc2CN)c1. The molecule has 0 unspecified atom stereocenters. The lowest BCUT2D eigenvalue weighted by atomic mass is 10.3. The van der Waals surface area contributed by atoms with Crippen LogP contribution >= 0.6 is 0 Å². The van der Waals surface area contributed by atoms with Crippen LogP contribution in [0.3, 0.4) is 0 Å². The average molecular weight is 244 g/mol. The molecule has 5 heteroatoms. The van der Waals surface area contributed by atoms with E-state index in [0.717, 1.165) is 23.1 Å². The van der Waals surface area contributed by atoms with Gasteiger partial charge < -0.3 is 10.5 Å². The molecule has 0 saturated heterocycles. The fourth-order valence-corrected chi connectivity index (χ4v) is 1.96. The maximum atomic E-state index is 5.74. The number of hydrogen-bond donors (Lipinski definition) is 1. The first kappa shape index (κ1) is 11.2. The van der Waals surface area contributed by atoms with Gasteiger partial charge in [-0.05, 0) is 25.0 Å². The Balaban J connectivity index is 2.03. The van der Waals surface area contributed by atoms with E-state index in [0.29, 0.717) is 12.5 Å². The molecule has 2 aromatic rings. The molecule has 2 N–H and O–H groups in total. The first-order valence-electron chi connectivity index (χ1n) is 6.12. The molecule has 0 radical (unpaired) electrons. The number of aromatic nitrogens is 3. The molecule has 1 heterocycles. The molecule has 0 spiro atoms. The third kappa shape index (κ3) is 1.97. The predicted molar refractivity (Wildman–Crippen MR) is 67.8 cm³/mol. The molecule has 1 aliphatic rings. The van der Waals surface area contributed by atoms with Gasteiger partial charge in [-0.2, -0.15) is 5.10 Å². The Labute approximate surface area is 106 Å². The molecule has 0 amide bonds. The van der Waals surface area contributed by atoms with Gasteiger partial charge in [0.1, 0.15) is 11.6 Å². The van der Waals surface area contributed by atoms with E-state index in [1.807, 2.05) is 28.9 Å². The summed E-state index contributed by atoms with van der Waals surface area (Å²) in [6.45, 7) is 0.386. The maximum absolute atomic E-state index is 5.74. The van der Waals surface area contributed by atoms with Gasteiger partial charge in [0.05, 0.1) is 19.3 Å². The van der Waals surface area contributed by atoms with E-state index in [1.54, 1.807) is 7.11 Å². The molecule has 1 fully saturated rings. The summed E-state index contributed by atoms with van der Waals surface area (Å²) in [6, 6.07) is 7.76. The van der Waals surface area contributed by atoms with Crippen molar-refractivity contribution in [2.45, 2.75) is 25.3 Å². The van der Waals surface area contributed by atoms with E-state index in [2.05, 4.69) is 10.1 Å². The Kier molecular flexibility index (Phi) is 2.76.